The van der Waals surface area contributed by atoms with E-state index in [1.54, 1.807) is 0 Å². The van der Waals surface area contributed by atoms with Gasteiger partial charge >= 0.3 is 0 Å². The molecule has 1 N–H and O–H groups in total. The summed E-state index contributed by atoms with van der Waals surface area (Å²) < 4.78 is 6.29. The first-order valence-corrected chi connectivity index (χ1v) is 12.3. The second kappa shape index (κ2) is 12.3. The average Bonchev–Trinajstić information content (AvgIpc) is 2.71. The van der Waals surface area contributed by atoms with E-state index in [2.05, 4.69) is 46.4 Å². The Bertz CT molecular complexity index is 799. The van der Waals surface area contributed by atoms with Crippen LogP contribution in [-0.2, 0) is 6.42 Å². The molecular weight excluding hydrogens is 402 g/mol. The number of aromatic hydroxyl groups is 1. The summed E-state index contributed by atoms with van der Waals surface area (Å²) in [5.41, 5.74) is 4.45. The molecule has 2 rings (SSSR count). The smallest absolute Gasteiger partial charge is 0.264 e. The minimum atomic E-state index is 0.0506. The van der Waals surface area contributed by atoms with Crippen LogP contribution in [0.2, 0.25) is 0 Å². The number of phenolic OH excluding ortho intramolecular Hbond substituents is 1. The van der Waals surface area contributed by atoms with Crippen molar-refractivity contribution in [3.05, 3.63) is 47.1 Å². The zero-order valence-corrected chi connectivity index (χ0v) is 21.0. The summed E-state index contributed by atoms with van der Waals surface area (Å²) in [4.78, 5) is 1.99. The van der Waals surface area contributed by atoms with Crippen LogP contribution in [0.4, 0.5) is 0 Å². The first kappa shape index (κ1) is 25.5. The van der Waals surface area contributed by atoms with Crippen LogP contribution in [0.15, 0.2) is 35.9 Å². The molecule has 0 unspecified atom stereocenters. The molecule has 31 heavy (non-hydrogen) atoms. The van der Waals surface area contributed by atoms with Crippen LogP contribution >= 0.6 is 12.2 Å². The number of phenols is 1. The van der Waals surface area contributed by atoms with E-state index in [0.717, 1.165) is 61.8 Å². The molecule has 0 fully saturated rings. The minimum absolute atomic E-state index is 0.0506. The molecule has 0 saturated carbocycles. The number of ether oxygens (including phenoxy) is 1. The first-order valence-electron chi connectivity index (χ1n) is 11.9. The SMILES string of the molecule is C=C(C)[C@@H]1CCC(C)=C[C@H]1c1c(O)cc(CCCCC)cc1OC(=S)N(C)CCCC. The third kappa shape index (κ3) is 7.10. The Balaban J connectivity index is 2.46. The third-order valence-corrected chi connectivity index (χ3v) is 6.71. The van der Waals surface area contributed by atoms with Crippen LogP contribution in [0.25, 0.3) is 0 Å². The molecule has 0 saturated heterocycles. The monoisotopic (exact) mass is 443 g/mol. The lowest BCUT2D eigenvalue weighted by molar-refractivity contribution is 0.380. The van der Waals surface area contributed by atoms with Crippen LogP contribution in [0.3, 0.4) is 0 Å². The van der Waals surface area contributed by atoms with Gasteiger partial charge in [0.1, 0.15) is 11.5 Å². The van der Waals surface area contributed by atoms with Gasteiger partial charge in [0, 0.05) is 25.1 Å². The molecule has 0 heterocycles. The Morgan fingerprint density at radius 3 is 2.58 bits per heavy atom. The first-order chi connectivity index (χ1) is 14.8. The van der Waals surface area contributed by atoms with E-state index < -0.39 is 0 Å². The molecule has 0 aromatic heterocycles. The molecule has 0 bridgehead atoms. The molecule has 1 aromatic carbocycles. The second-order valence-electron chi connectivity index (χ2n) is 9.16. The van der Waals surface area contributed by atoms with Gasteiger partial charge in [0.25, 0.3) is 5.17 Å². The van der Waals surface area contributed by atoms with Crippen molar-refractivity contribution in [3.63, 3.8) is 0 Å². The van der Waals surface area contributed by atoms with Crippen molar-refractivity contribution in [2.45, 2.75) is 85.0 Å². The number of aryl methyl sites for hydroxylation is 1. The highest BCUT2D eigenvalue weighted by atomic mass is 32.1. The summed E-state index contributed by atoms with van der Waals surface area (Å²) in [5, 5.41) is 11.6. The van der Waals surface area contributed by atoms with E-state index in [4.69, 9.17) is 17.0 Å². The van der Waals surface area contributed by atoms with Gasteiger partial charge < -0.3 is 14.7 Å². The van der Waals surface area contributed by atoms with E-state index in [1.165, 1.54) is 18.4 Å². The fourth-order valence-electron chi connectivity index (χ4n) is 4.38. The highest BCUT2D eigenvalue weighted by Crippen LogP contribution is 2.47. The number of thiocarbonyl (C=S) groups is 1. The van der Waals surface area contributed by atoms with E-state index in [0.29, 0.717) is 16.7 Å². The van der Waals surface area contributed by atoms with Crippen LogP contribution in [-0.4, -0.2) is 28.8 Å². The molecule has 2 atom stereocenters. The number of allylic oxidation sites excluding steroid dienone is 3. The molecule has 1 aliphatic rings. The summed E-state index contributed by atoms with van der Waals surface area (Å²) in [6, 6.07) is 4.02. The number of unbranched alkanes of at least 4 members (excludes halogenated alkanes) is 3. The largest absolute Gasteiger partial charge is 0.507 e. The van der Waals surface area contributed by atoms with Crippen molar-refractivity contribution < 1.29 is 9.84 Å². The number of hydrogen-bond donors (Lipinski definition) is 1. The summed E-state index contributed by atoms with van der Waals surface area (Å²) in [7, 11) is 1.98. The maximum Gasteiger partial charge on any atom is 0.264 e. The van der Waals surface area contributed by atoms with E-state index in [-0.39, 0.29) is 11.8 Å². The lowest BCUT2D eigenvalue weighted by Gasteiger charge is -2.32. The van der Waals surface area contributed by atoms with Crippen molar-refractivity contribution in [2.75, 3.05) is 13.6 Å². The predicted octanol–water partition coefficient (Wildman–Crippen LogP) is 7.54. The molecule has 0 spiro atoms. The maximum atomic E-state index is 11.2. The van der Waals surface area contributed by atoms with E-state index in [9.17, 15) is 5.11 Å². The molecule has 0 amide bonds. The summed E-state index contributed by atoms with van der Waals surface area (Å²) in [6.45, 7) is 13.7. The average molecular weight is 444 g/mol. The van der Waals surface area contributed by atoms with Gasteiger partial charge in [-0.3, -0.25) is 0 Å². The van der Waals surface area contributed by atoms with Gasteiger partial charge in [-0.2, -0.15) is 0 Å². The van der Waals surface area contributed by atoms with Crippen molar-refractivity contribution in [1.29, 1.82) is 0 Å². The number of hydrogen-bond acceptors (Lipinski definition) is 3. The normalized spacial score (nSPS) is 18.4. The topological polar surface area (TPSA) is 32.7 Å². The number of rotatable bonds is 10. The highest BCUT2D eigenvalue weighted by molar-refractivity contribution is 7.80. The molecule has 3 nitrogen and oxygen atoms in total. The molecule has 1 aliphatic carbocycles. The quantitative estimate of drug-likeness (QED) is 0.230. The Morgan fingerprint density at radius 1 is 1.23 bits per heavy atom. The lowest BCUT2D eigenvalue weighted by atomic mass is 9.73. The van der Waals surface area contributed by atoms with Crippen LogP contribution < -0.4 is 4.74 Å². The zero-order chi connectivity index (χ0) is 23.0. The van der Waals surface area contributed by atoms with Gasteiger partial charge in [0.15, 0.2) is 0 Å². The van der Waals surface area contributed by atoms with Gasteiger partial charge in [-0.15, -0.1) is 0 Å². The fourth-order valence-corrected chi connectivity index (χ4v) is 4.56. The van der Waals surface area contributed by atoms with Crippen molar-refractivity contribution in [1.82, 2.24) is 4.90 Å². The number of nitrogens with zero attached hydrogens (tertiary/aromatic N) is 1. The van der Waals surface area contributed by atoms with Gasteiger partial charge in [0.05, 0.1) is 0 Å². The molecule has 4 heteroatoms. The third-order valence-electron chi connectivity index (χ3n) is 6.32. The molecule has 172 valence electrons. The van der Waals surface area contributed by atoms with Crippen molar-refractivity contribution >= 4 is 17.4 Å². The molecular formula is C27H41NO2S. The summed E-state index contributed by atoms with van der Waals surface area (Å²) in [6.07, 6.45) is 11.0. The van der Waals surface area contributed by atoms with Crippen LogP contribution in [0.1, 0.15) is 89.7 Å². The molecule has 1 aromatic rings. The van der Waals surface area contributed by atoms with Gasteiger partial charge in [-0.25, -0.2) is 0 Å². The molecule has 0 aliphatic heterocycles. The Hall–Kier alpha value is -1.81. The summed E-state index contributed by atoms with van der Waals surface area (Å²) in [5.74, 6) is 1.34. The van der Waals surface area contributed by atoms with E-state index in [1.807, 2.05) is 18.0 Å². The maximum absolute atomic E-state index is 11.2. The van der Waals surface area contributed by atoms with Crippen molar-refractivity contribution in [3.8, 4) is 11.5 Å². The summed E-state index contributed by atoms with van der Waals surface area (Å²) >= 11 is 5.62. The zero-order valence-electron chi connectivity index (χ0n) is 20.2. The predicted molar refractivity (Wildman–Crippen MR) is 136 cm³/mol. The highest BCUT2D eigenvalue weighted by Gasteiger charge is 2.31. The Kier molecular flexibility index (Phi) is 10.1. The fraction of sp³-hybridized carbons (Fsp3) is 0.593. The van der Waals surface area contributed by atoms with Crippen LogP contribution in [0, 0.1) is 5.92 Å². The Labute approximate surface area is 195 Å². The Morgan fingerprint density at radius 2 is 1.94 bits per heavy atom. The minimum Gasteiger partial charge on any atom is -0.507 e. The van der Waals surface area contributed by atoms with Gasteiger partial charge in [-0.05, 0) is 81.8 Å². The van der Waals surface area contributed by atoms with Gasteiger partial charge in [-0.1, -0.05) is 56.9 Å². The van der Waals surface area contributed by atoms with E-state index >= 15 is 0 Å². The van der Waals surface area contributed by atoms with Crippen LogP contribution in [0.5, 0.6) is 11.5 Å². The van der Waals surface area contributed by atoms with Gasteiger partial charge in [0.2, 0.25) is 0 Å². The molecule has 0 radical (unpaired) electrons. The lowest BCUT2D eigenvalue weighted by Crippen LogP contribution is -2.31. The van der Waals surface area contributed by atoms with Crippen molar-refractivity contribution in [2.24, 2.45) is 5.92 Å². The standard InChI is InChI=1S/C27H41NO2S/c1-7-9-11-12-21-17-24(29)26(23-16-20(5)13-14-22(23)19(3)4)25(18-21)30-27(31)28(6)15-10-8-2/h16-18,22-23,29H,3,7-15H2,1-2,4-6H3/t22-,23+/m0/s1. The second-order valence-corrected chi connectivity index (χ2v) is 9.51. The number of benzene rings is 1.